The van der Waals surface area contributed by atoms with Crippen LogP contribution >= 0.6 is 0 Å². The first kappa shape index (κ1) is 16.6. The van der Waals surface area contributed by atoms with Gasteiger partial charge in [-0.3, -0.25) is 4.79 Å². The number of rotatable bonds is 4. The molecule has 24 heavy (non-hydrogen) atoms. The molecule has 3 N–H and O–H groups in total. The first-order valence-electron chi connectivity index (χ1n) is 8.18. The third kappa shape index (κ3) is 3.79. The van der Waals surface area contributed by atoms with Crippen molar-refractivity contribution in [1.82, 2.24) is 15.5 Å². The average Bonchev–Trinajstić information content (AvgIpc) is 3.05. The van der Waals surface area contributed by atoms with Gasteiger partial charge in [0.25, 0.3) is 0 Å². The van der Waals surface area contributed by atoms with Gasteiger partial charge in [0.2, 0.25) is 17.6 Å². The van der Waals surface area contributed by atoms with Crippen molar-refractivity contribution < 1.29 is 13.7 Å². The Hall–Kier alpha value is -2.28. The Morgan fingerprint density at radius 2 is 2.29 bits per heavy atom. The summed E-state index contributed by atoms with van der Waals surface area (Å²) in [6.07, 6.45) is 3.50. The molecular formula is C17H21FN4O2. The van der Waals surface area contributed by atoms with Crippen molar-refractivity contribution in [2.24, 2.45) is 11.7 Å². The predicted molar refractivity (Wildman–Crippen MR) is 86.2 cm³/mol. The summed E-state index contributed by atoms with van der Waals surface area (Å²) in [7, 11) is 0. The molecule has 1 amide bonds. The van der Waals surface area contributed by atoms with Gasteiger partial charge in [0.05, 0.1) is 0 Å². The van der Waals surface area contributed by atoms with Gasteiger partial charge in [0.1, 0.15) is 11.9 Å². The van der Waals surface area contributed by atoms with Crippen LogP contribution in [0, 0.1) is 11.7 Å². The second kappa shape index (κ2) is 7.09. The van der Waals surface area contributed by atoms with Crippen LogP contribution in [-0.4, -0.2) is 22.1 Å². The third-order valence-corrected chi connectivity index (χ3v) is 4.34. The number of halogens is 1. The number of amides is 1. The van der Waals surface area contributed by atoms with E-state index in [4.69, 9.17) is 10.3 Å². The highest BCUT2D eigenvalue weighted by atomic mass is 19.1. The van der Waals surface area contributed by atoms with Crippen molar-refractivity contribution >= 4 is 5.91 Å². The van der Waals surface area contributed by atoms with Gasteiger partial charge in [-0.05, 0) is 38.3 Å². The van der Waals surface area contributed by atoms with Crippen molar-refractivity contribution in [3.05, 3.63) is 36.0 Å². The molecule has 3 unspecified atom stereocenters. The minimum Gasteiger partial charge on any atom is -0.344 e. The number of carbonyl (C=O) groups excluding carboxylic acids is 1. The van der Waals surface area contributed by atoms with E-state index in [1.165, 1.54) is 12.1 Å². The van der Waals surface area contributed by atoms with E-state index in [9.17, 15) is 9.18 Å². The summed E-state index contributed by atoms with van der Waals surface area (Å²) in [6.45, 7) is 1.78. The van der Waals surface area contributed by atoms with Gasteiger partial charge in [-0.1, -0.05) is 23.7 Å². The number of carbonyl (C=O) groups is 1. The lowest BCUT2D eigenvalue weighted by Crippen LogP contribution is -2.38. The monoisotopic (exact) mass is 332 g/mol. The smallest absolute Gasteiger partial charge is 0.249 e. The lowest BCUT2D eigenvalue weighted by molar-refractivity contribution is -0.126. The summed E-state index contributed by atoms with van der Waals surface area (Å²) < 4.78 is 18.5. The Labute approximate surface area is 139 Å². The quantitative estimate of drug-likeness (QED) is 0.897. The molecule has 1 saturated carbocycles. The van der Waals surface area contributed by atoms with E-state index in [0.29, 0.717) is 23.7 Å². The fraction of sp³-hybridized carbons (Fsp3) is 0.471. The van der Waals surface area contributed by atoms with Gasteiger partial charge in [-0.2, -0.15) is 4.98 Å². The fourth-order valence-corrected chi connectivity index (χ4v) is 3.01. The molecule has 128 valence electrons. The number of nitrogens with zero attached hydrogens (tertiary/aromatic N) is 2. The molecule has 0 spiro atoms. The van der Waals surface area contributed by atoms with Gasteiger partial charge in [-0.25, -0.2) is 4.39 Å². The molecule has 1 fully saturated rings. The molecule has 3 rings (SSSR count). The largest absolute Gasteiger partial charge is 0.344 e. The predicted octanol–water partition coefficient (Wildman–Crippen LogP) is 2.57. The van der Waals surface area contributed by atoms with Gasteiger partial charge >= 0.3 is 0 Å². The van der Waals surface area contributed by atoms with E-state index >= 15 is 0 Å². The Kier molecular flexibility index (Phi) is 4.89. The molecule has 1 aliphatic carbocycles. The van der Waals surface area contributed by atoms with Crippen LogP contribution in [0.15, 0.2) is 28.8 Å². The number of nitrogens with one attached hydrogen (secondary N) is 1. The topological polar surface area (TPSA) is 94.0 Å². The minimum absolute atomic E-state index is 0.0387. The fourth-order valence-electron chi connectivity index (χ4n) is 3.01. The number of aromatic nitrogens is 2. The number of hydrogen-bond acceptors (Lipinski definition) is 5. The standard InChI is InChI=1S/C17H21FN4O2/c1-10(20-16(23)12-5-3-7-14(19)9-12)17-21-15(22-24-17)11-4-2-6-13(18)8-11/h2,4,6,8,10,12,14H,3,5,7,9,19H2,1H3,(H,20,23). The third-order valence-electron chi connectivity index (χ3n) is 4.34. The van der Waals surface area contributed by atoms with E-state index < -0.39 is 6.04 Å². The molecule has 1 aromatic heterocycles. The van der Waals surface area contributed by atoms with Crippen molar-refractivity contribution in [2.45, 2.75) is 44.7 Å². The van der Waals surface area contributed by atoms with Crippen LogP contribution in [-0.2, 0) is 4.79 Å². The summed E-state index contributed by atoms with van der Waals surface area (Å²) >= 11 is 0. The SMILES string of the molecule is CC(NC(=O)C1CCCC(N)C1)c1nc(-c2cccc(F)c2)no1. The summed E-state index contributed by atoms with van der Waals surface area (Å²) in [5.74, 6) is 0.117. The Morgan fingerprint density at radius 1 is 1.46 bits per heavy atom. The average molecular weight is 332 g/mol. The van der Waals surface area contributed by atoms with Crippen LogP contribution in [0.5, 0.6) is 0 Å². The number of benzene rings is 1. The van der Waals surface area contributed by atoms with Gasteiger partial charge < -0.3 is 15.6 Å². The second-order valence-corrected chi connectivity index (χ2v) is 6.32. The minimum atomic E-state index is -0.412. The summed E-state index contributed by atoms with van der Waals surface area (Å²) in [5.41, 5.74) is 6.46. The molecule has 3 atom stereocenters. The summed E-state index contributed by atoms with van der Waals surface area (Å²) in [5, 5.41) is 6.75. The molecule has 0 aliphatic heterocycles. The second-order valence-electron chi connectivity index (χ2n) is 6.32. The van der Waals surface area contributed by atoms with Crippen LogP contribution < -0.4 is 11.1 Å². The normalized spacial score (nSPS) is 22.1. The molecule has 2 aromatic rings. The maximum absolute atomic E-state index is 13.3. The highest BCUT2D eigenvalue weighted by Crippen LogP contribution is 2.25. The lowest BCUT2D eigenvalue weighted by Gasteiger charge is -2.26. The Bertz CT molecular complexity index is 718. The highest BCUT2D eigenvalue weighted by molar-refractivity contribution is 5.79. The summed E-state index contributed by atoms with van der Waals surface area (Å²) in [4.78, 5) is 16.6. The van der Waals surface area contributed by atoms with Crippen LogP contribution in [0.3, 0.4) is 0 Å². The molecule has 6 nitrogen and oxygen atoms in total. The Morgan fingerprint density at radius 3 is 3.04 bits per heavy atom. The molecule has 1 heterocycles. The summed E-state index contributed by atoms with van der Waals surface area (Å²) in [6, 6.07) is 5.64. The Balaban J connectivity index is 1.65. The van der Waals surface area contributed by atoms with Crippen LogP contribution in [0.2, 0.25) is 0 Å². The van der Waals surface area contributed by atoms with Crippen LogP contribution in [0.25, 0.3) is 11.4 Å². The van der Waals surface area contributed by atoms with E-state index in [1.807, 2.05) is 0 Å². The van der Waals surface area contributed by atoms with Crippen molar-refractivity contribution in [1.29, 1.82) is 0 Å². The number of nitrogens with two attached hydrogens (primary N) is 1. The molecule has 1 aromatic carbocycles. The molecule has 0 bridgehead atoms. The van der Waals surface area contributed by atoms with Crippen molar-refractivity contribution in [3.8, 4) is 11.4 Å². The van der Waals surface area contributed by atoms with Crippen molar-refractivity contribution in [3.63, 3.8) is 0 Å². The van der Waals surface area contributed by atoms with E-state index in [2.05, 4.69) is 15.5 Å². The zero-order chi connectivity index (χ0) is 17.1. The maximum atomic E-state index is 13.3. The highest BCUT2D eigenvalue weighted by Gasteiger charge is 2.27. The van der Waals surface area contributed by atoms with Crippen LogP contribution in [0.1, 0.15) is 44.5 Å². The van der Waals surface area contributed by atoms with E-state index in [1.54, 1.807) is 19.1 Å². The molecule has 7 heteroatoms. The zero-order valence-electron chi connectivity index (χ0n) is 13.5. The van der Waals surface area contributed by atoms with Gasteiger partial charge in [0.15, 0.2) is 0 Å². The van der Waals surface area contributed by atoms with Crippen molar-refractivity contribution in [2.75, 3.05) is 0 Å². The lowest BCUT2D eigenvalue weighted by atomic mass is 9.85. The molecule has 0 radical (unpaired) electrons. The molecule has 0 saturated heterocycles. The van der Waals surface area contributed by atoms with E-state index in [0.717, 1.165) is 19.3 Å². The number of hydrogen-bond donors (Lipinski definition) is 2. The van der Waals surface area contributed by atoms with Crippen LogP contribution in [0.4, 0.5) is 4.39 Å². The van der Waals surface area contributed by atoms with Gasteiger partial charge in [0, 0.05) is 17.5 Å². The first-order chi connectivity index (χ1) is 11.5. The van der Waals surface area contributed by atoms with Gasteiger partial charge in [-0.15, -0.1) is 0 Å². The first-order valence-corrected chi connectivity index (χ1v) is 8.18. The molecule has 1 aliphatic rings. The maximum Gasteiger partial charge on any atom is 0.249 e. The zero-order valence-corrected chi connectivity index (χ0v) is 13.5. The molecular weight excluding hydrogens is 311 g/mol. The van der Waals surface area contributed by atoms with E-state index in [-0.39, 0.29) is 23.7 Å².